The number of aliphatic carboxylic acids is 1. The second-order valence-corrected chi connectivity index (χ2v) is 5.81. The van der Waals surface area contributed by atoms with Gasteiger partial charge in [0.2, 0.25) is 0 Å². The number of amides is 2. The topological polar surface area (TPSA) is 78.4 Å². The lowest BCUT2D eigenvalue weighted by atomic mass is 10.0. The zero-order chi connectivity index (χ0) is 14.5. The zero-order valence-electron chi connectivity index (χ0n) is 10.9. The van der Waals surface area contributed by atoms with E-state index in [1.165, 1.54) is 0 Å². The summed E-state index contributed by atoms with van der Waals surface area (Å²) < 4.78 is 0.943. The van der Waals surface area contributed by atoms with E-state index >= 15 is 0 Å². The fourth-order valence-corrected chi connectivity index (χ4v) is 2.05. The van der Waals surface area contributed by atoms with Gasteiger partial charge in [-0.25, -0.2) is 4.79 Å². The number of urea groups is 1. The number of carboxylic acid groups (broad SMARTS) is 1. The van der Waals surface area contributed by atoms with E-state index in [1.807, 2.05) is 24.3 Å². The number of halogens is 1. The van der Waals surface area contributed by atoms with Gasteiger partial charge < -0.3 is 15.7 Å². The van der Waals surface area contributed by atoms with E-state index in [2.05, 4.69) is 26.6 Å². The van der Waals surface area contributed by atoms with Gasteiger partial charge in [-0.15, -0.1) is 0 Å². The molecule has 5 nitrogen and oxygen atoms in total. The average Bonchev–Trinajstić information content (AvgIpc) is 2.24. The molecule has 0 spiro atoms. The van der Waals surface area contributed by atoms with Gasteiger partial charge in [-0.1, -0.05) is 28.1 Å². The van der Waals surface area contributed by atoms with E-state index in [4.69, 9.17) is 5.11 Å². The summed E-state index contributed by atoms with van der Waals surface area (Å²) in [5, 5.41) is 14.0. The molecule has 1 aromatic rings. The molecule has 0 fully saturated rings. The summed E-state index contributed by atoms with van der Waals surface area (Å²) >= 11 is 3.35. The predicted molar refractivity (Wildman–Crippen MR) is 75.8 cm³/mol. The van der Waals surface area contributed by atoms with Gasteiger partial charge in [-0.05, 0) is 31.5 Å². The lowest BCUT2D eigenvalue weighted by Gasteiger charge is -2.24. The predicted octanol–water partition coefficient (Wildman–Crippen LogP) is 2.50. The van der Waals surface area contributed by atoms with Gasteiger partial charge in [0.1, 0.15) is 0 Å². The van der Waals surface area contributed by atoms with Gasteiger partial charge in [-0.3, -0.25) is 4.79 Å². The van der Waals surface area contributed by atoms with E-state index in [0.29, 0.717) is 6.54 Å². The normalized spacial score (nSPS) is 10.9. The molecule has 0 bridgehead atoms. The molecule has 2 amide bonds. The quantitative estimate of drug-likeness (QED) is 0.777. The fraction of sp³-hybridized carbons (Fsp3) is 0.385. The smallest absolute Gasteiger partial charge is 0.315 e. The molecular formula is C13H17BrN2O3. The van der Waals surface area contributed by atoms with Gasteiger partial charge in [0.15, 0.2) is 0 Å². The molecule has 0 aliphatic carbocycles. The number of nitrogens with one attached hydrogen (secondary N) is 2. The van der Waals surface area contributed by atoms with Gasteiger partial charge in [0, 0.05) is 16.6 Å². The monoisotopic (exact) mass is 328 g/mol. The highest BCUT2D eigenvalue weighted by Gasteiger charge is 2.23. The van der Waals surface area contributed by atoms with E-state index in [0.717, 1.165) is 10.0 Å². The molecule has 0 aliphatic heterocycles. The van der Waals surface area contributed by atoms with Crippen LogP contribution in [0, 0.1) is 0 Å². The van der Waals surface area contributed by atoms with Crippen LogP contribution >= 0.6 is 15.9 Å². The van der Waals surface area contributed by atoms with Crippen LogP contribution in [0.15, 0.2) is 28.7 Å². The standard InChI is InChI=1S/C13H17BrN2O3/c1-13(2,7-11(17)18)16-12(19)15-8-9-4-3-5-10(14)6-9/h3-6H,7-8H2,1-2H3,(H,17,18)(H2,15,16,19). The van der Waals surface area contributed by atoms with Crippen molar-refractivity contribution in [1.82, 2.24) is 10.6 Å². The van der Waals surface area contributed by atoms with E-state index in [-0.39, 0.29) is 12.5 Å². The maximum atomic E-state index is 11.7. The highest BCUT2D eigenvalue weighted by molar-refractivity contribution is 9.10. The Balaban J connectivity index is 2.46. The highest BCUT2D eigenvalue weighted by atomic mass is 79.9. The van der Waals surface area contributed by atoms with Crippen LogP contribution < -0.4 is 10.6 Å². The third-order valence-electron chi connectivity index (χ3n) is 2.39. The SMILES string of the molecule is CC(C)(CC(=O)O)NC(=O)NCc1cccc(Br)c1. The number of hydrogen-bond donors (Lipinski definition) is 3. The Morgan fingerprint density at radius 3 is 2.63 bits per heavy atom. The summed E-state index contributed by atoms with van der Waals surface area (Å²) in [7, 11) is 0. The van der Waals surface area contributed by atoms with Crippen LogP contribution in [0.25, 0.3) is 0 Å². The summed E-state index contributed by atoms with van der Waals surface area (Å²) in [5.41, 5.74) is 0.174. The van der Waals surface area contributed by atoms with Crippen LogP contribution in [-0.4, -0.2) is 22.6 Å². The van der Waals surface area contributed by atoms with Gasteiger partial charge in [-0.2, -0.15) is 0 Å². The molecule has 0 saturated carbocycles. The van der Waals surface area contributed by atoms with Gasteiger partial charge in [0.05, 0.1) is 6.42 Å². The first kappa shape index (κ1) is 15.5. The van der Waals surface area contributed by atoms with E-state index < -0.39 is 11.5 Å². The van der Waals surface area contributed by atoms with Crippen LogP contribution in [0.2, 0.25) is 0 Å². The minimum atomic E-state index is -0.947. The lowest BCUT2D eigenvalue weighted by molar-refractivity contribution is -0.138. The number of carbonyl (C=O) groups excluding carboxylic acids is 1. The summed E-state index contributed by atoms with van der Waals surface area (Å²) in [4.78, 5) is 22.3. The molecule has 6 heteroatoms. The van der Waals surface area contributed by atoms with Crippen LogP contribution in [0.3, 0.4) is 0 Å². The first-order valence-corrected chi connectivity index (χ1v) is 6.60. The van der Waals surface area contributed by atoms with Gasteiger partial charge in [0.25, 0.3) is 0 Å². The van der Waals surface area contributed by atoms with Crippen LogP contribution in [0.5, 0.6) is 0 Å². The molecule has 104 valence electrons. The maximum absolute atomic E-state index is 11.7. The molecule has 0 atom stereocenters. The number of carbonyl (C=O) groups is 2. The van der Waals surface area contributed by atoms with Gasteiger partial charge >= 0.3 is 12.0 Å². The molecule has 0 aromatic heterocycles. The van der Waals surface area contributed by atoms with Crippen molar-refractivity contribution in [3.05, 3.63) is 34.3 Å². The molecule has 19 heavy (non-hydrogen) atoms. The Hall–Kier alpha value is -1.56. The van der Waals surface area contributed by atoms with Crippen molar-refractivity contribution in [1.29, 1.82) is 0 Å². The first-order valence-electron chi connectivity index (χ1n) is 5.81. The van der Waals surface area contributed by atoms with Crippen molar-refractivity contribution in [3.8, 4) is 0 Å². The minimum absolute atomic E-state index is 0.128. The second-order valence-electron chi connectivity index (χ2n) is 4.89. The molecule has 0 aliphatic rings. The fourth-order valence-electron chi connectivity index (χ4n) is 1.60. The van der Waals surface area contributed by atoms with Crippen molar-refractivity contribution >= 4 is 27.9 Å². The number of carboxylic acids is 1. The zero-order valence-corrected chi connectivity index (χ0v) is 12.5. The molecule has 1 aromatic carbocycles. The van der Waals surface area contributed by atoms with Crippen molar-refractivity contribution in [3.63, 3.8) is 0 Å². The average molecular weight is 329 g/mol. The van der Waals surface area contributed by atoms with Crippen molar-refractivity contribution in [2.75, 3.05) is 0 Å². The van der Waals surface area contributed by atoms with Crippen molar-refractivity contribution in [2.45, 2.75) is 32.4 Å². The molecule has 0 saturated heterocycles. The van der Waals surface area contributed by atoms with E-state index in [1.54, 1.807) is 13.8 Å². The van der Waals surface area contributed by atoms with Crippen molar-refractivity contribution < 1.29 is 14.7 Å². The van der Waals surface area contributed by atoms with Crippen LogP contribution in [0.1, 0.15) is 25.8 Å². The largest absolute Gasteiger partial charge is 0.481 e. The third kappa shape index (κ3) is 6.24. The Morgan fingerprint density at radius 1 is 1.37 bits per heavy atom. The Bertz CT molecular complexity index is 475. The van der Waals surface area contributed by atoms with Crippen LogP contribution in [0.4, 0.5) is 4.79 Å². The van der Waals surface area contributed by atoms with E-state index in [9.17, 15) is 9.59 Å². The number of rotatable bonds is 5. The lowest BCUT2D eigenvalue weighted by Crippen LogP contribution is -2.49. The summed E-state index contributed by atoms with van der Waals surface area (Å²) in [6.45, 7) is 3.72. The summed E-state index contributed by atoms with van der Waals surface area (Å²) in [6, 6.07) is 7.20. The van der Waals surface area contributed by atoms with Crippen LogP contribution in [-0.2, 0) is 11.3 Å². The molecule has 3 N–H and O–H groups in total. The molecule has 0 unspecified atom stereocenters. The summed E-state index contributed by atoms with van der Waals surface area (Å²) in [6.07, 6.45) is -0.128. The first-order chi connectivity index (χ1) is 8.78. The number of hydrogen-bond acceptors (Lipinski definition) is 2. The molecule has 0 radical (unpaired) electrons. The third-order valence-corrected chi connectivity index (χ3v) is 2.88. The summed E-state index contributed by atoms with van der Waals surface area (Å²) in [5.74, 6) is -0.947. The molecule has 0 heterocycles. The highest BCUT2D eigenvalue weighted by Crippen LogP contribution is 2.11. The molecular weight excluding hydrogens is 312 g/mol. The maximum Gasteiger partial charge on any atom is 0.315 e. The Labute approximate surface area is 120 Å². The second kappa shape index (κ2) is 6.56. The number of benzene rings is 1. The minimum Gasteiger partial charge on any atom is -0.481 e. The van der Waals surface area contributed by atoms with Crippen molar-refractivity contribution in [2.24, 2.45) is 0 Å². The Kier molecular flexibility index (Phi) is 5.35. The molecule has 1 rings (SSSR count). The Morgan fingerprint density at radius 2 is 2.05 bits per heavy atom.